The Morgan fingerprint density at radius 3 is 0.750 bits per heavy atom. The molecule has 0 fully saturated rings. The second kappa shape index (κ2) is 18.0. The Morgan fingerprint density at radius 2 is 0.750 bits per heavy atom. The molecular formula is KNP2. The van der Waals surface area contributed by atoms with Crippen LogP contribution in [0.15, 0.2) is 0 Å². The molecule has 0 N–H and O–H groups in total. The molecule has 0 unspecified atom stereocenters. The standard InChI is InChI=1S/K.N.2P. The first-order valence-electron chi connectivity index (χ1n) is 0. The fourth-order valence-electron chi connectivity index (χ4n) is 0. The van der Waals surface area contributed by atoms with Crippen molar-refractivity contribution in [1.82, 2.24) is 6.15 Å². The first kappa shape index (κ1) is 31.9. The number of rotatable bonds is 0. The predicted molar refractivity (Wildman–Crippen MR) is 21.7 cm³/mol. The van der Waals surface area contributed by atoms with Gasteiger partial charge in [-0.3, -0.25) is 0 Å². The van der Waals surface area contributed by atoms with Crippen LogP contribution < -0.4 is 6.15 Å². The maximum Gasteiger partial charge on any atom is 0 e. The van der Waals surface area contributed by atoms with E-state index in [0.29, 0.717) is 0 Å². The average molecular weight is 115 g/mol. The van der Waals surface area contributed by atoms with Gasteiger partial charge in [0.25, 0.3) is 0 Å². The van der Waals surface area contributed by atoms with Crippen molar-refractivity contribution in [3.8, 4) is 0 Å². The van der Waals surface area contributed by atoms with Gasteiger partial charge in [0.1, 0.15) is 0 Å². The molecule has 0 aromatic heterocycles. The molecule has 0 aliphatic rings. The predicted octanol–water partition coefficient (Wildman–Crippen LogP) is 0.861. The normalized spacial score (nSPS) is 0. The number of nitrogens with zero attached hydrogens (tertiary/aromatic N) is 1. The molecule has 10 radical (unpaired) electrons. The molecule has 0 aromatic rings. The fourth-order valence-corrected chi connectivity index (χ4v) is 0. The van der Waals surface area contributed by atoms with Crippen LogP contribution in [0.2, 0.25) is 0 Å². The Bertz CT molecular complexity index is 6.00. The first-order chi connectivity index (χ1) is 0. The molecule has 0 atom stereocenters. The minimum atomic E-state index is 0. The fraction of sp³-hybridized carbons (Fsp3) is 0. The molecule has 0 saturated heterocycles. The van der Waals surface area contributed by atoms with E-state index >= 15 is 0 Å². The maximum absolute atomic E-state index is 0. The van der Waals surface area contributed by atoms with Crippen LogP contribution >= 0.6 is 19.8 Å². The third-order valence-electron chi connectivity index (χ3n) is 0. The van der Waals surface area contributed by atoms with Crippen molar-refractivity contribution in [2.75, 3.05) is 0 Å². The van der Waals surface area contributed by atoms with Crippen molar-refractivity contribution >= 4 is 71.2 Å². The summed E-state index contributed by atoms with van der Waals surface area (Å²) < 4.78 is 0. The van der Waals surface area contributed by atoms with Gasteiger partial charge in [0.05, 0.1) is 0 Å². The summed E-state index contributed by atoms with van der Waals surface area (Å²) in [5.74, 6) is 0. The van der Waals surface area contributed by atoms with Crippen LogP contribution in [-0.4, -0.2) is 51.4 Å². The molecule has 0 spiro atoms. The van der Waals surface area contributed by atoms with Crippen LogP contribution in [-0.2, 0) is 0 Å². The van der Waals surface area contributed by atoms with Gasteiger partial charge < -0.3 is 0 Å². The molecule has 0 rings (SSSR count). The van der Waals surface area contributed by atoms with E-state index in [1.54, 1.807) is 0 Å². The van der Waals surface area contributed by atoms with Gasteiger partial charge in [-0.2, -0.15) is 0 Å². The summed E-state index contributed by atoms with van der Waals surface area (Å²) in [6, 6.07) is 0. The smallest absolute Gasteiger partial charge is 0 e. The van der Waals surface area contributed by atoms with Crippen molar-refractivity contribution in [2.45, 2.75) is 0 Å². The van der Waals surface area contributed by atoms with Gasteiger partial charge in [-0.1, -0.05) is 0 Å². The number of hydrogen-bond donors (Lipinski definition) is 0. The Labute approximate surface area is 75.9 Å². The molecule has 16 valence electrons. The average Bonchev–Trinajstić information content (AvgIpc) is 0. The van der Waals surface area contributed by atoms with E-state index < -0.39 is 0 Å². The summed E-state index contributed by atoms with van der Waals surface area (Å²) in [6.45, 7) is 0. The third-order valence-corrected chi connectivity index (χ3v) is 0. The largest absolute Gasteiger partial charge is 0 e. The van der Waals surface area contributed by atoms with Crippen LogP contribution in [0.1, 0.15) is 0 Å². The first-order valence-corrected chi connectivity index (χ1v) is 0. The van der Waals surface area contributed by atoms with Gasteiger partial charge in [-0.15, -0.1) is 0 Å². The van der Waals surface area contributed by atoms with Gasteiger partial charge in [0.15, 0.2) is 0 Å². The van der Waals surface area contributed by atoms with Crippen LogP contribution in [0.5, 0.6) is 0 Å². The molecule has 0 saturated carbocycles. The second-order valence-electron chi connectivity index (χ2n) is 0. The Hall–Kier alpha value is 2.46. The van der Waals surface area contributed by atoms with Crippen molar-refractivity contribution < 1.29 is 0 Å². The van der Waals surface area contributed by atoms with Crippen molar-refractivity contribution in [2.24, 2.45) is 0 Å². The summed E-state index contributed by atoms with van der Waals surface area (Å²) >= 11 is 0. The van der Waals surface area contributed by atoms with Gasteiger partial charge in [0, 0.05) is 77.3 Å². The van der Waals surface area contributed by atoms with E-state index in [9.17, 15) is 0 Å². The third kappa shape index (κ3) is 8.82. The molecule has 0 aliphatic heterocycles. The summed E-state index contributed by atoms with van der Waals surface area (Å²) in [5.41, 5.74) is 0. The van der Waals surface area contributed by atoms with Crippen molar-refractivity contribution in [3.05, 3.63) is 0 Å². The zero-order valence-electron chi connectivity index (χ0n) is 2.34. The number of hydrogen-bond acceptors (Lipinski definition) is 0. The van der Waals surface area contributed by atoms with Crippen molar-refractivity contribution in [3.63, 3.8) is 0 Å². The zero-order valence-corrected chi connectivity index (χ0v) is 7.25. The summed E-state index contributed by atoms with van der Waals surface area (Å²) in [4.78, 5) is 0. The SMILES string of the molecule is [K].[N].[P].[P]. The van der Waals surface area contributed by atoms with E-state index in [1.807, 2.05) is 0 Å². The Balaban J connectivity index is 0. The minimum Gasteiger partial charge on any atom is 0 e. The van der Waals surface area contributed by atoms with E-state index in [1.165, 1.54) is 0 Å². The zero-order chi connectivity index (χ0) is 0. The summed E-state index contributed by atoms with van der Waals surface area (Å²) in [6.07, 6.45) is 0. The van der Waals surface area contributed by atoms with Crippen LogP contribution in [0.25, 0.3) is 0 Å². The molecule has 4 heteroatoms. The molecule has 0 amide bonds. The van der Waals surface area contributed by atoms with Gasteiger partial charge in [-0.05, 0) is 0 Å². The van der Waals surface area contributed by atoms with E-state index in [4.69, 9.17) is 0 Å². The van der Waals surface area contributed by atoms with Gasteiger partial charge in [0.2, 0.25) is 0 Å². The minimum absolute atomic E-state index is 0. The van der Waals surface area contributed by atoms with Gasteiger partial charge in [-0.25, -0.2) is 0 Å². The molecule has 0 aromatic carbocycles. The second-order valence-corrected chi connectivity index (χ2v) is 0. The van der Waals surface area contributed by atoms with Crippen LogP contribution in [0.4, 0.5) is 0 Å². The topological polar surface area (TPSA) is 30.5 Å². The Morgan fingerprint density at radius 1 is 0.750 bits per heavy atom. The molecule has 0 bridgehead atoms. The monoisotopic (exact) mass is 115 g/mol. The molecule has 0 aliphatic carbocycles. The van der Waals surface area contributed by atoms with Crippen molar-refractivity contribution in [1.29, 1.82) is 0 Å². The molecule has 0 heterocycles. The van der Waals surface area contributed by atoms with Crippen LogP contribution in [0.3, 0.4) is 0 Å². The molecule has 1 nitrogen and oxygen atoms in total. The van der Waals surface area contributed by atoms with E-state index in [0.717, 1.165) is 0 Å². The molecular weight excluding hydrogens is 115 g/mol. The quantitative estimate of drug-likeness (QED) is 0.331. The van der Waals surface area contributed by atoms with E-state index in [-0.39, 0.29) is 77.3 Å². The maximum atomic E-state index is 0. The summed E-state index contributed by atoms with van der Waals surface area (Å²) in [7, 11) is 0. The summed E-state index contributed by atoms with van der Waals surface area (Å²) in [5, 5.41) is 0. The Kier molecular flexibility index (Phi) is 143. The van der Waals surface area contributed by atoms with E-state index in [2.05, 4.69) is 0 Å². The van der Waals surface area contributed by atoms with Crippen LogP contribution in [0, 0.1) is 0 Å². The molecule has 4 heavy (non-hydrogen) atoms. The van der Waals surface area contributed by atoms with Gasteiger partial charge >= 0.3 is 0 Å².